The van der Waals surface area contributed by atoms with Gasteiger partial charge in [-0.2, -0.15) is 0 Å². The van der Waals surface area contributed by atoms with Gasteiger partial charge in [0.25, 0.3) is 5.91 Å². The van der Waals surface area contributed by atoms with Crippen molar-refractivity contribution in [3.8, 4) is 5.88 Å². The third kappa shape index (κ3) is 5.40. The maximum absolute atomic E-state index is 13.9. The summed E-state index contributed by atoms with van der Waals surface area (Å²) in [6, 6.07) is 16.6. The van der Waals surface area contributed by atoms with E-state index in [0.29, 0.717) is 17.8 Å². The molecule has 192 valence electrons. The lowest BCUT2D eigenvalue weighted by atomic mass is 10.0. The van der Waals surface area contributed by atoms with Gasteiger partial charge in [0.2, 0.25) is 5.88 Å². The zero-order chi connectivity index (χ0) is 25.9. The number of likely N-dealkylation sites (tertiary alicyclic amines) is 1. The number of amides is 2. The van der Waals surface area contributed by atoms with E-state index in [1.165, 1.54) is 21.9 Å². The molecule has 1 fully saturated rings. The van der Waals surface area contributed by atoms with E-state index in [4.69, 9.17) is 9.47 Å². The Bertz CT molecular complexity index is 1290. The molecular formula is C28H27F2N3O4. The molecule has 2 aliphatic rings. The van der Waals surface area contributed by atoms with Crippen molar-refractivity contribution in [1.82, 2.24) is 9.88 Å². The Kier molecular flexibility index (Phi) is 7.03. The zero-order valence-corrected chi connectivity index (χ0v) is 20.4. The number of rotatable bonds is 5. The number of carbonyl (C=O) groups is 2. The van der Waals surface area contributed by atoms with Crippen LogP contribution < -0.4 is 9.64 Å². The first-order valence-corrected chi connectivity index (χ1v) is 12.2. The number of pyridine rings is 1. The molecule has 2 aliphatic heterocycles. The number of hydrogen-bond donors (Lipinski definition) is 0. The van der Waals surface area contributed by atoms with Crippen LogP contribution in [0.25, 0.3) is 0 Å². The molecule has 2 amide bonds. The number of nitrogens with zero attached hydrogens (tertiary/aromatic N) is 3. The average molecular weight is 508 g/mol. The van der Waals surface area contributed by atoms with Crippen LogP contribution in [-0.4, -0.2) is 53.8 Å². The van der Waals surface area contributed by atoms with Gasteiger partial charge >= 0.3 is 6.09 Å². The Morgan fingerprint density at radius 1 is 1.11 bits per heavy atom. The summed E-state index contributed by atoms with van der Waals surface area (Å²) in [7, 11) is 0. The van der Waals surface area contributed by atoms with Crippen LogP contribution in [-0.2, 0) is 17.8 Å². The molecule has 0 saturated carbocycles. The van der Waals surface area contributed by atoms with E-state index in [1.54, 1.807) is 18.2 Å². The smallest absolute Gasteiger partial charge is 0.415 e. The van der Waals surface area contributed by atoms with E-state index >= 15 is 0 Å². The fourth-order valence-corrected chi connectivity index (χ4v) is 4.58. The molecule has 37 heavy (non-hydrogen) atoms. The predicted molar refractivity (Wildman–Crippen MR) is 133 cm³/mol. The molecule has 2 atom stereocenters. The molecule has 0 spiro atoms. The van der Waals surface area contributed by atoms with Crippen LogP contribution in [0.3, 0.4) is 0 Å². The monoisotopic (exact) mass is 507 g/mol. The lowest BCUT2D eigenvalue weighted by Gasteiger charge is -2.34. The molecule has 2 aromatic carbocycles. The van der Waals surface area contributed by atoms with Crippen molar-refractivity contribution in [2.75, 3.05) is 24.6 Å². The number of benzene rings is 2. The highest BCUT2D eigenvalue weighted by molar-refractivity contribution is 5.96. The van der Waals surface area contributed by atoms with Crippen molar-refractivity contribution >= 4 is 17.7 Å². The maximum Gasteiger partial charge on any atom is 0.415 e. The summed E-state index contributed by atoms with van der Waals surface area (Å²) in [5, 5.41) is 0. The van der Waals surface area contributed by atoms with Gasteiger partial charge < -0.3 is 14.4 Å². The van der Waals surface area contributed by atoms with Crippen molar-refractivity contribution in [2.45, 2.75) is 38.6 Å². The van der Waals surface area contributed by atoms with E-state index in [-0.39, 0.29) is 56.0 Å². The number of aromatic nitrogens is 1. The molecule has 0 unspecified atom stereocenters. The van der Waals surface area contributed by atoms with Crippen molar-refractivity contribution in [2.24, 2.45) is 0 Å². The van der Waals surface area contributed by atoms with Crippen molar-refractivity contribution < 1.29 is 27.8 Å². The van der Waals surface area contributed by atoms with Gasteiger partial charge in [0, 0.05) is 6.54 Å². The topological polar surface area (TPSA) is 72.0 Å². The SMILES string of the molecule is C[C@H]1COc2nc(C(=O)N3CC[C@@H](F)C3)c(Cc3ccc(F)cc3)cc2N1C(=O)OCc1ccccc1. The maximum atomic E-state index is 13.9. The Morgan fingerprint density at radius 2 is 1.86 bits per heavy atom. The van der Waals surface area contributed by atoms with Crippen LogP contribution in [0.15, 0.2) is 60.7 Å². The lowest BCUT2D eigenvalue weighted by Crippen LogP contribution is -2.46. The fourth-order valence-electron chi connectivity index (χ4n) is 4.58. The van der Waals surface area contributed by atoms with Crippen molar-refractivity contribution in [3.05, 3.63) is 88.9 Å². The van der Waals surface area contributed by atoms with Crippen LogP contribution in [0.1, 0.15) is 40.5 Å². The number of halogens is 2. The van der Waals surface area contributed by atoms with Crippen LogP contribution in [0.4, 0.5) is 19.3 Å². The van der Waals surface area contributed by atoms with Crippen molar-refractivity contribution in [3.63, 3.8) is 0 Å². The number of hydrogen-bond acceptors (Lipinski definition) is 5. The number of carbonyl (C=O) groups excluding carboxylic acids is 2. The van der Waals surface area contributed by atoms with Gasteiger partial charge in [-0.25, -0.2) is 18.6 Å². The number of ether oxygens (including phenoxy) is 2. The van der Waals surface area contributed by atoms with Gasteiger partial charge in [-0.3, -0.25) is 9.69 Å². The molecule has 5 rings (SSSR count). The van der Waals surface area contributed by atoms with E-state index in [2.05, 4.69) is 4.98 Å². The molecule has 3 heterocycles. The second-order valence-electron chi connectivity index (χ2n) is 9.33. The minimum atomic E-state index is -1.07. The van der Waals surface area contributed by atoms with Crippen molar-refractivity contribution in [1.29, 1.82) is 0 Å². The summed E-state index contributed by atoms with van der Waals surface area (Å²) >= 11 is 0. The number of alkyl halides is 1. The summed E-state index contributed by atoms with van der Waals surface area (Å²) in [5.41, 5.74) is 2.64. The highest BCUT2D eigenvalue weighted by Gasteiger charge is 2.35. The average Bonchev–Trinajstić information content (AvgIpc) is 3.34. The van der Waals surface area contributed by atoms with E-state index in [1.807, 2.05) is 37.3 Å². The molecule has 0 bridgehead atoms. The molecule has 3 aromatic rings. The fraction of sp³-hybridized carbons (Fsp3) is 0.321. The molecule has 1 saturated heterocycles. The van der Waals surface area contributed by atoms with Crippen LogP contribution in [0.2, 0.25) is 0 Å². The predicted octanol–water partition coefficient (Wildman–Crippen LogP) is 4.92. The number of fused-ring (bicyclic) bond motifs is 1. The Hall–Kier alpha value is -4.01. The summed E-state index contributed by atoms with van der Waals surface area (Å²) in [6.07, 6.45) is -1.10. The largest absolute Gasteiger partial charge is 0.474 e. The third-order valence-electron chi connectivity index (χ3n) is 6.54. The summed E-state index contributed by atoms with van der Waals surface area (Å²) in [4.78, 5) is 34.0. The Labute approximate surface area is 213 Å². The summed E-state index contributed by atoms with van der Waals surface area (Å²) in [5.74, 6) is -0.637. The molecule has 0 N–H and O–H groups in total. The van der Waals surface area contributed by atoms with Crippen LogP contribution in [0, 0.1) is 5.82 Å². The minimum Gasteiger partial charge on any atom is -0.474 e. The third-order valence-corrected chi connectivity index (χ3v) is 6.54. The molecule has 0 radical (unpaired) electrons. The summed E-state index contributed by atoms with van der Waals surface area (Å²) in [6.45, 7) is 2.40. The first-order chi connectivity index (χ1) is 17.9. The van der Waals surface area contributed by atoms with Crippen LogP contribution >= 0.6 is 0 Å². The molecular weight excluding hydrogens is 480 g/mol. The normalized spacial score (nSPS) is 18.8. The Balaban J connectivity index is 1.49. The van der Waals surface area contributed by atoms with E-state index in [0.717, 1.165) is 11.1 Å². The van der Waals surface area contributed by atoms with Gasteiger partial charge in [0.15, 0.2) is 0 Å². The molecule has 7 nitrogen and oxygen atoms in total. The van der Waals surface area contributed by atoms with Gasteiger partial charge in [-0.1, -0.05) is 42.5 Å². The zero-order valence-electron chi connectivity index (χ0n) is 20.4. The molecule has 1 aromatic heterocycles. The minimum absolute atomic E-state index is 0.00339. The first kappa shape index (κ1) is 24.7. The number of anilines is 1. The Morgan fingerprint density at radius 3 is 2.57 bits per heavy atom. The van der Waals surface area contributed by atoms with Gasteiger partial charge in [0.1, 0.15) is 36.6 Å². The molecule has 0 aliphatic carbocycles. The quantitative estimate of drug-likeness (QED) is 0.490. The highest BCUT2D eigenvalue weighted by Crippen LogP contribution is 2.36. The first-order valence-electron chi connectivity index (χ1n) is 12.2. The highest BCUT2D eigenvalue weighted by atomic mass is 19.1. The molecule has 9 heteroatoms. The standard InChI is InChI=1S/C28H27F2N3O4/c1-18-16-36-26-24(33(18)28(35)37-17-20-5-3-2-4-6-20)14-21(13-19-7-9-22(29)10-8-19)25(31-26)27(34)32-12-11-23(30)15-32/h2-10,14,18,23H,11-13,15-17H2,1H3/t18-,23+/m0/s1. The summed E-state index contributed by atoms with van der Waals surface area (Å²) < 4.78 is 38.7. The van der Waals surface area contributed by atoms with Crippen LogP contribution in [0.5, 0.6) is 5.88 Å². The van der Waals surface area contributed by atoms with Gasteiger partial charge in [-0.05, 0) is 54.7 Å². The van der Waals surface area contributed by atoms with Gasteiger partial charge in [0.05, 0.1) is 12.6 Å². The second kappa shape index (κ2) is 10.5. The lowest BCUT2D eigenvalue weighted by molar-refractivity contribution is 0.0774. The van der Waals surface area contributed by atoms with E-state index in [9.17, 15) is 18.4 Å². The van der Waals surface area contributed by atoms with Gasteiger partial charge in [-0.15, -0.1) is 0 Å². The second-order valence-corrected chi connectivity index (χ2v) is 9.33. The van der Waals surface area contributed by atoms with E-state index < -0.39 is 18.2 Å².